The lowest BCUT2D eigenvalue weighted by atomic mass is 9.97. The molecule has 2 fully saturated rings. The number of nitrogens with one attached hydrogen (secondary N) is 1. The van der Waals surface area contributed by atoms with Crippen LogP contribution in [0.5, 0.6) is 0 Å². The standard InChI is InChI=1S/C20H21N5O3S/c26-19(15-4-2-10-28-15)22-17-8-7-16(29-17)20(27)24-9-1-3-13(11-24)18-23-21-12-25(18)14-5-6-14/h2,4,7-8,10,12-14H,1,3,5-6,9,11H2,(H,22,26). The Labute approximate surface area is 171 Å². The molecule has 1 aliphatic heterocycles. The molecular weight excluding hydrogens is 390 g/mol. The van der Waals surface area contributed by atoms with Crippen LogP contribution in [0.25, 0.3) is 0 Å². The van der Waals surface area contributed by atoms with Gasteiger partial charge in [-0.05, 0) is 49.9 Å². The molecule has 0 radical (unpaired) electrons. The summed E-state index contributed by atoms with van der Waals surface area (Å²) in [5.41, 5.74) is 0. The van der Waals surface area contributed by atoms with Crippen LogP contribution < -0.4 is 5.32 Å². The molecule has 3 aromatic rings. The van der Waals surface area contributed by atoms with E-state index in [2.05, 4.69) is 20.1 Å². The number of piperidine rings is 1. The zero-order chi connectivity index (χ0) is 19.8. The monoisotopic (exact) mass is 411 g/mol. The summed E-state index contributed by atoms with van der Waals surface area (Å²) < 4.78 is 7.29. The van der Waals surface area contributed by atoms with Gasteiger partial charge in [-0.25, -0.2) is 0 Å². The quantitative estimate of drug-likeness (QED) is 0.693. The van der Waals surface area contributed by atoms with Gasteiger partial charge in [-0.3, -0.25) is 9.59 Å². The van der Waals surface area contributed by atoms with E-state index >= 15 is 0 Å². The number of nitrogens with zero attached hydrogens (tertiary/aromatic N) is 4. The average molecular weight is 411 g/mol. The highest BCUT2D eigenvalue weighted by molar-refractivity contribution is 7.18. The molecule has 2 amide bonds. The molecule has 0 spiro atoms. The van der Waals surface area contributed by atoms with Gasteiger partial charge in [0.2, 0.25) is 0 Å². The minimum absolute atomic E-state index is 0.00400. The number of amides is 2. The van der Waals surface area contributed by atoms with E-state index in [1.54, 1.807) is 24.3 Å². The second kappa shape index (κ2) is 7.47. The number of rotatable bonds is 5. The van der Waals surface area contributed by atoms with Gasteiger partial charge >= 0.3 is 0 Å². The largest absolute Gasteiger partial charge is 0.459 e. The van der Waals surface area contributed by atoms with Gasteiger partial charge in [-0.15, -0.1) is 21.5 Å². The fraction of sp³-hybridized carbons (Fsp3) is 0.400. The maximum Gasteiger partial charge on any atom is 0.291 e. The highest BCUT2D eigenvalue weighted by atomic mass is 32.1. The van der Waals surface area contributed by atoms with Crippen molar-refractivity contribution in [1.82, 2.24) is 19.7 Å². The van der Waals surface area contributed by atoms with Crippen molar-refractivity contribution in [2.45, 2.75) is 37.6 Å². The van der Waals surface area contributed by atoms with E-state index < -0.39 is 0 Å². The summed E-state index contributed by atoms with van der Waals surface area (Å²) in [7, 11) is 0. The third-order valence-electron chi connectivity index (χ3n) is 5.41. The van der Waals surface area contributed by atoms with Crippen molar-refractivity contribution in [2.75, 3.05) is 18.4 Å². The van der Waals surface area contributed by atoms with Gasteiger partial charge in [-0.1, -0.05) is 0 Å². The molecular formula is C20H21N5O3S. The number of aromatic nitrogens is 3. The van der Waals surface area contributed by atoms with Crippen LogP contribution in [-0.4, -0.2) is 44.6 Å². The predicted molar refractivity (Wildman–Crippen MR) is 107 cm³/mol. The number of hydrogen-bond donors (Lipinski definition) is 1. The van der Waals surface area contributed by atoms with Crippen LogP contribution in [0.2, 0.25) is 0 Å². The van der Waals surface area contributed by atoms with Crippen molar-refractivity contribution in [3.8, 4) is 0 Å². The van der Waals surface area contributed by atoms with E-state index in [0.29, 0.717) is 22.5 Å². The normalized spacial score (nSPS) is 19.3. The number of furan rings is 1. The lowest BCUT2D eigenvalue weighted by molar-refractivity contribution is 0.0708. The summed E-state index contributed by atoms with van der Waals surface area (Å²) >= 11 is 1.28. The third-order valence-corrected chi connectivity index (χ3v) is 6.40. The molecule has 8 nitrogen and oxygen atoms in total. The molecule has 9 heteroatoms. The summed E-state index contributed by atoms with van der Waals surface area (Å²) in [6.07, 6.45) is 7.60. The van der Waals surface area contributed by atoms with Crippen molar-refractivity contribution in [1.29, 1.82) is 0 Å². The Hall–Kier alpha value is -2.94. The molecule has 1 atom stereocenters. The molecule has 1 saturated heterocycles. The van der Waals surface area contributed by atoms with Crippen molar-refractivity contribution in [3.63, 3.8) is 0 Å². The van der Waals surface area contributed by atoms with E-state index in [1.807, 2.05) is 11.2 Å². The average Bonchev–Trinajstić information content (AvgIpc) is 3.18. The van der Waals surface area contributed by atoms with E-state index in [-0.39, 0.29) is 23.5 Å². The molecule has 5 rings (SSSR count). The third kappa shape index (κ3) is 3.69. The van der Waals surface area contributed by atoms with Crippen molar-refractivity contribution < 1.29 is 14.0 Å². The lowest BCUT2D eigenvalue weighted by Gasteiger charge is -2.32. The molecule has 1 aliphatic carbocycles. The van der Waals surface area contributed by atoms with Crippen molar-refractivity contribution in [3.05, 3.63) is 53.3 Å². The Morgan fingerprint density at radius 1 is 1.21 bits per heavy atom. The highest BCUT2D eigenvalue weighted by Gasteiger charge is 2.33. The maximum absolute atomic E-state index is 13.0. The minimum Gasteiger partial charge on any atom is -0.459 e. The summed E-state index contributed by atoms with van der Waals surface area (Å²) in [6.45, 7) is 1.38. The van der Waals surface area contributed by atoms with Crippen LogP contribution in [-0.2, 0) is 0 Å². The first-order valence-corrected chi connectivity index (χ1v) is 10.6. The summed E-state index contributed by atoms with van der Waals surface area (Å²) in [5, 5.41) is 11.8. The highest BCUT2D eigenvalue weighted by Crippen LogP contribution is 2.38. The van der Waals surface area contributed by atoms with Gasteiger partial charge < -0.3 is 19.2 Å². The molecule has 4 heterocycles. The molecule has 0 bridgehead atoms. The molecule has 29 heavy (non-hydrogen) atoms. The van der Waals surface area contributed by atoms with Crippen LogP contribution >= 0.6 is 11.3 Å². The van der Waals surface area contributed by atoms with Gasteiger partial charge in [0.1, 0.15) is 12.2 Å². The molecule has 1 unspecified atom stereocenters. The first-order chi connectivity index (χ1) is 14.2. The molecule has 1 N–H and O–H groups in total. The van der Waals surface area contributed by atoms with Gasteiger partial charge in [0.25, 0.3) is 11.8 Å². The number of likely N-dealkylation sites (tertiary alicyclic amines) is 1. The summed E-state index contributed by atoms with van der Waals surface area (Å²) in [4.78, 5) is 27.7. The van der Waals surface area contributed by atoms with Gasteiger partial charge in [0, 0.05) is 25.0 Å². The second-order valence-corrected chi connectivity index (χ2v) is 8.60. The van der Waals surface area contributed by atoms with E-state index in [1.165, 1.54) is 30.4 Å². The Morgan fingerprint density at radius 3 is 2.90 bits per heavy atom. The SMILES string of the molecule is O=C(Nc1ccc(C(=O)N2CCCC(c3nncn3C3CC3)C2)s1)c1ccco1. The van der Waals surface area contributed by atoms with Crippen molar-refractivity contribution in [2.24, 2.45) is 0 Å². The van der Waals surface area contributed by atoms with E-state index in [0.717, 1.165) is 25.2 Å². The molecule has 3 aromatic heterocycles. The number of anilines is 1. The Morgan fingerprint density at radius 2 is 2.10 bits per heavy atom. The molecule has 1 saturated carbocycles. The smallest absolute Gasteiger partial charge is 0.291 e. The molecule has 2 aliphatic rings. The number of hydrogen-bond acceptors (Lipinski definition) is 6. The second-order valence-electron chi connectivity index (χ2n) is 7.51. The van der Waals surface area contributed by atoms with Crippen LogP contribution in [0.4, 0.5) is 5.00 Å². The van der Waals surface area contributed by atoms with Crippen LogP contribution in [0.15, 0.2) is 41.3 Å². The van der Waals surface area contributed by atoms with Gasteiger partial charge in [0.05, 0.1) is 16.1 Å². The van der Waals surface area contributed by atoms with E-state index in [4.69, 9.17) is 4.42 Å². The fourth-order valence-electron chi connectivity index (χ4n) is 3.81. The minimum atomic E-state index is -0.326. The zero-order valence-corrected chi connectivity index (χ0v) is 16.6. The Bertz CT molecular complexity index is 1020. The number of carbonyl (C=O) groups excluding carboxylic acids is 2. The van der Waals surface area contributed by atoms with Gasteiger partial charge in [0.15, 0.2) is 5.76 Å². The zero-order valence-electron chi connectivity index (χ0n) is 15.8. The van der Waals surface area contributed by atoms with Crippen LogP contribution in [0.1, 0.15) is 63.7 Å². The predicted octanol–water partition coefficient (Wildman–Crippen LogP) is 3.54. The maximum atomic E-state index is 13.0. The summed E-state index contributed by atoms with van der Waals surface area (Å²) in [6, 6.07) is 7.31. The first-order valence-electron chi connectivity index (χ1n) is 9.82. The van der Waals surface area contributed by atoms with E-state index in [9.17, 15) is 9.59 Å². The molecule has 0 aromatic carbocycles. The van der Waals surface area contributed by atoms with Crippen LogP contribution in [0.3, 0.4) is 0 Å². The van der Waals surface area contributed by atoms with Gasteiger partial charge in [-0.2, -0.15) is 0 Å². The molecule has 150 valence electrons. The fourth-order valence-corrected chi connectivity index (χ4v) is 4.68. The lowest BCUT2D eigenvalue weighted by Crippen LogP contribution is -2.39. The topological polar surface area (TPSA) is 93.3 Å². The number of carbonyl (C=O) groups is 2. The van der Waals surface area contributed by atoms with Crippen LogP contribution in [0, 0.1) is 0 Å². The Balaban J connectivity index is 1.26. The first kappa shape index (κ1) is 18.1. The number of thiophene rings is 1. The summed E-state index contributed by atoms with van der Waals surface area (Å²) in [5.74, 6) is 1.13. The Kier molecular flexibility index (Phi) is 4.67. The van der Waals surface area contributed by atoms with Crippen molar-refractivity contribution >= 4 is 28.2 Å².